The average molecular weight is 228 g/mol. The predicted molar refractivity (Wildman–Crippen MR) is 59.0 cm³/mol. The Balaban J connectivity index is 1.64. The molecule has 92 valence electrons. The summed E-state index contributed by atoms with van der Waals surface area (Å²) in [6.45, 7) is 3.07. The lowest BCUT2D eigenvalue weighted by Gasteiger charge is -2.23. The maximum absolute atomic E-state index is 11.6. The average Bonchev–Trinajstić information content (AvgIpc) is 3.09. The van der Waals surface area contributed by atoms with Crippen LogP contribution in [0.2, 0.25) is 0 Å². The van der Waals surface area contributed by atoms with Crippen molar-refractivity contribution in [2.75, 3.05) is 32.8 Å². The molecule has 3 N–H and O–H groups in total. The maximum Gasteiger partial charge on any atom is 0.222 e. The van der Waals surface area contributed by atoms with E-state index in [4.69, 9.17) is 9.84 Å². The zero-order valence-electron chi connectivity index (χ0n) is 9.50. The normalized spacial score (nSPS) is 27.4. The molecule has 0 aromatic heterocycles. The van der Waals surface area contributed by atoms with Gasteiger partial charge in [0.15, 0.2) is 0 Å². The lowest BCUT2D eigenvalue weighted by atomic mass is 10.1. The molecule has 1 aliphatic heterocycles. The minimum atomic E-state index is -0.0126. The van der Waals surface area contributed by atoms with E-state index >= 15 is 0 Å². The number of hydrogen-bond donors (Lipinski definition) is 3. The van der Waals surface area contributed by atoms with Crippen molar-refractivity contribution in [1.29, 1.82) is 0 Å². The first-order valence-corrected chi connectivity index (χ1v) is 5.94. The molecule has 0 aromatic rings. The van der Waals surface area contributed by atoms with E-state index in [0.29, 0.717) is 19.6 Å². The molecule has 16 heavy (non-hydrogen) atoms. The van der Waals surface area contributed by atoms with Crippen molar-refractivity contribution in [3.8, 4) is 0 Å². The topological polar surface area (TPSA) is 70.6 Å². The Bertz CT molecular complexity index is 248. The fourth-order valence-corrected chi connectivity index (χ4v) is 1.88. The number of hydrogen-bond acceptors (Lipinski definition) is 4. The lowest BCUT2D eigenvalue weighted by molar-refractivity contribution is -0.124. The van der Waals surface area contributed by atoms with Gasteiger partial charge in [0.1, 0.15) is 0 Å². The summed E-state index contributed by atoms with van der Waals surface area (Å²) in [5, 5.41) is 15.2. The molecule has 1 saturated heterocycles. The SMILES string of the molecule is O=C(CC1CNCCO1)NCC1(CO)CC1. The van der Waals surface area contributed by atoms with Crippen molar-refractivity contribution in [2.24, 2.45) is 5.41 Å². The number of rotatable bonds is 5. The highest BCUT2D eigenvalue weighted by Crippen LogP contribution is 2.44. The number of aliphatic hydroxyl groups excluding tert-OH is 1. The van der Waals surface area contributed by atoms with E-state index in [-0.39, 0.29) is 24.0 Å². The van der Waals surface area contributed by atoms with Gasteiger partial charge >= 0.3 is 0 Å². The molecule has 2 rings (SSSR count). The summed E-state index contributed by atoms with van der Waals surface area (Å²) in [5.41, 5.74) is -0.0126. The number of carbonyl (C=O) groups is 1. The number of morpholine rings is 1. The molecule has 0 aromatic carbocycles. The summed E-state index contributed by atoms with van der Waals surface area (Å²) in [5.74, 6) is 0.0217. The summed E-state index contributed by atoms with van der Waals surface area (Å²) in [4.78, 5) is 11.6. The van der Waals surface area contributed by atoms with Gasteiger partial charge in [0, 0.05) is 25.0 Å². The molecular weight excluding hydrogens is 208 g/mol. The van der Waals surface area contributed by atoms with Crippen molar-refractivity contribution in [3.05, 3.63) is 0 Å². The van der Waals surface area contributed by atoms with Crippen molar-refractivity contribution in [2.45, 2.75) is 25.4 Å². The Hall–Kier alpha value is -0.650. The molecule has 5 nitrogen and oxygen atoms in total. The Labute approximate surface area is 95.5 Å². The van der Waals surface area contributed by atoms with Crippen molar-refractivity contribution in [1.82, 2.24) is 10.6 Å². The van der Waals surface area contributed by atoms with Gasteiger partial charge in [-0.1, -0.05) is 0 Å². The minimum absolute atomic E-state index is 0.00182. The summed E-state index contributed by atoms with van der Waals surface area (Å²) >= 11 is 0. The quantitative estimate of drug-likeness (QED) is 0.579. The summed E-state index contributed by atoms with van der Waals surface area (Å²) in [6, 6.07) is 0. The van der Waals surface area contributed by atoms with Crippen LogP contribution in [0, 0.1) is 5.41 Å². The van der Waals surface area contributed by atoms with Crippen LogP contribution in [0.5, 0.6) is 0 Å². The molecule has 1 saturated carbocycles. The Kier molecular flexibility index (Phi) is 3.78. The van der Waals surface area contributed by atoms with Crippen LogP contribution in [-0.2, 0) is 9.53 Å². The molecule has 2 aliphatic rings. The van der Waals surface area contributed by atoms with Gasteiger partial charge in [-0.15, -0.1) is 0 Å². The third-order valence-electron chi connectivity index (χ3n) is 3.37. The molecule has 0 bridgehead atoms. The predicted octanol–water partition coefficient (Wildman–Crippen LogP) is -0.746. The monoisotopic (exact) mass is 228 g/mol. The van der Waals surface area contributed by atoms with Crippen LogP contribution >= 0.6 is 0 Å². The van der Waals surface area contributed by atoms with Gasteiger partial charge in [-0.3, -0.25) is 4.79 Å². The maximum atomic E-state index is 11.6. The third-order valence-corrected chi connectivity index (χ3v) is 3.37. The first-order valence-electron chi connectivity index (χ1n) is 5.94. The van der Waals surface area contributed by atoms with Gasteiger partial charge in [-0.25, -0.2) is 0 Å². The number of amides is 1. The van der Waals surface area contributed by atoms with Crippen molar-refractivity contribution < 1.29 is 14.6 Å². The van der Waals surface area contributed by atoms with Crippen LogP contribution in [0.4, 0.5) is 0 Å². The summed E-state index contributed by atoms with van der Waals surface area (Å²) in [6.07, 6.45) is 2.45. The standard InChI is InChI=1S/C11H20N2O3/c14-8-11(1-2-11)7-13-10(15)5-9-6-12-3-4-16-9/h9,12,14H,1-8H2,(H,13,15). The molecule has 2 fully saturated rings. The number of aliphatic hydroxyl groups is 1. The minimum Gasteiger partial charge on any atom is -0.396 e. The number of nitrogens with one attached hydrogen (secondary N) is 2. The van der Waals surface area contributed by atoms with E-state index < -0.39 is 0 Å². The van der Waals surface area contributed by atoms with Crippen LogP contribution in [0.15, 0.2) is 0 Å². The molecule has 1 aliphatic carbocycles. The third kappa shape index (κ3) is 3.17. The molecule has 0 radical (unpaired) electrons. The fraction of sp³-hybridized carbons (Fsp3) is 0.909. The fourth-order valence-electron chi connectivity index (χ4n) is 1.88. The van der Waals surface area contributed by atoms with E-state index in [1.54, 1.807) is 0 Å². The molecule has 5 heteroatoms. The van der Waals surface area contributed by atoms with Crippen LogP contribution < -0.4 is 10.6 Å². The molecule has 0 spiro atoms. The van der Waals surface area contributed by atoms with Crippen LogP contribution in [0.3, 0.4) is 0 Å². The number of carbonyl (C=O) groups excluding carboxylic acids is 1. The Morgan fingerprint density at radius 3 is 2.94 bits per heavy atom. The highest BCUT2D eigenvalue weighted by atomic mass is 16.5. The molecule has 1 atom stereocenters. The van der Waals surface area contributed by atoms with Gasteiger partial charge in [0.05, 0.1) is 25.7 Å². The summed E-state index contributed by atoms with van der Waals surface area (Å²) < 4.78 is 5.45. The highest BCUT2D eigenvalue weighted by molar-refractivity contribution is 5.76. The second-order valence-electron chi connectivity index (χ2n) is 4.84. The van der Waals surface area contributed by atoms with E-state index in [1.165, 1.54) is 0 Å². The zero-order valence-corrected chi connectivity index (χ0v) is 9.50. The van der Waals surface area contributed by atoms with Gasteiger partial charge in [-0.05, 0) is 12.8 Å². The van der Waals surface area contributed by atoms with Gasteiger partial charge in [-0.2, -0.15) is 0 Å². The Morgan fingerprint density at radius 2 is 2.38 bits per heavy atom. The van der Waals surface area contributed by atoms with Gasteiger partial charge in [0.2, 0.25) is 5.91 Å². The van der Waals surface area contributed by atoms with E-state index in [2.05, 4.69) is 10.6 Å². The van der Waals surface area contributed by atoms with Crippen LogP contribution in [-0.4, -0.2) is 50.0 Å². The van der Waals surface area contributed by atoms with Crippen LogP contribution in [0.1, 0.15) is 19.3 Å². The van der Waals surface area contributed by atoms with E-state index in [9.17, 15) is 4.79 Å². The highest BCUT2D eigenvalue weighted by Gasteiger charge is 2.42. The molecule has 1 heterocycles. The van der Waals surface area contributed by atoms with Crippen molar-refractivity contribution in [3.63, 3.8) is 0 Å². The van der Waals surface area contributed by atoms with E-state index in [1.807, 2.05) is 0 Å². The summed E-state index contributed by atoms with van der Waals surface area (Å²) in [7, 11) is 0. The smallest absolute Gasteiger partial charge is 0.222 e. The largest absolute Gasteiger partial charge is 0.396 e. The van der Waals surface area contributed by atoms with Crippen molar-refractivity contribution >= 4 is 5.91 Å². The lowest BCUT2D eigenvalue weighted by Crippen LogP contribution is -2.42. The second kappa shape index (κ2) is 5.12. The Morgan fingerprint density at radius 1 is 1.56 bits per heavy atom. The van der Waals surface area contributed by atoms with Gasteiger partial charge in [0.25, 0.3) is 0 Å². The first kappa shape index (κ1) is 11.8. The van der Waals surface area contributed by atoms with E-state index in [0.717, 1.165) is 25.9 Å². The van der Waals surface area contributed by atoms with Crippen LogP contribution in [0.25, 0.3) is 0 Å². The molecule has 1 unspecified atom stereocenters. The molecular formula is C11H20N2O3. The first-order chi connectivity index (χ1) is 7.74. The molecule has 1 amide bonds. The number of ether oxygens (including phenoxy) is 1. The second-order valence-corrected chi connectivity index (χ2v) is 4.84. The zero-order chi connectivity index (χ0) is 11.4. The van der Waals surface area contributed by atoms with Gasteiger partial charge < -0.3 is 20.5 Å².